The molecule has 0 radical (unpaired) electrons. The van der Waals surface area contributed by atoms with Crippen molar-refractivity contribution in [2.24, 2.45) is 0 Å². The monoisotopic (exact) mass is 495 g/mol. The summed E-state index contributed by atoms with van der Waals surface area (Å²) in [4.78, 5) is 42.7. The lowest BCUT2D eigenvalue weighted by Gasteiger charge is -2.56. The number of benzene rings is 2. The summed E-state index contributed by atoms with van der Waals surface area (Å²) in [5, 5.41) is 2.66. The van der Waals surface area contributed by atoms with Gasteiger partial charge in [-0.25, -0.2) is 4.79 Å². The molecule has 2 aliphatic heterocycles. The van der Waals surface area contributed by atoms with Crippen molar-refractivity contribution in [1.29, 1.82) is 0 Å². The Labute approximate surface area is 211 Å². The van der Waals surface area contributed by atoms with Crippen molar-refractivity contribution >= 4 is 29.5 Å². The minimum absolute atomic E-state index is 0.142. The minimum Gasteiger partial charge on any atom is -0.451 e. The van der Waals surface area contributed by atoms with E-state index in [4.69, 9.17) is 4.74 Å². The van der Waals surface area contributed by atoms with Gasteiger partial charge >= 0.3 is 5.97 Å². The summed E-state index contributed by atoms with van der Waals surface area (Å²) in [6.07, 6.45) is -0.221. The number of thioether (sulfide) groups is 1. The van der Waals surface area contributed by atoms with E-state index in [9.17, 15) is 14.4 Å². The fourth-order valence-corrected chi connectivity index (χ4v) is 6.48. The second-order valence-corrected chi connectivity index (χ2v) is 9.98. The molecule has 0 bridgehead atoms. The van der Waals surface area contributed by atoms with Crippen molar-refractivity contribution in [1.82, 2.24) is 15.1 Å². The zero-order valence-electron chi connectivity index (χ0n) is 20.5. The van der Waals surface area contributed by atoms with Crippen LogP contribution in [0.5, 0.6) is 0 Å². The molecule has 2 saturated heterocycles. The molecule has 2 unspecified atom stereocenters. The highest BCUT2D eigenvalue weighted by Gasteiger charge is 2.59. The van der Waals surface area contributed by atoms with E-state index < -0.39 is 17.7 Å². The van der Waals surface area contributed by atoms with E-state index in [0.29, 0.717) is 25.3 Å². The van der Waals surface area contributed by atoms with Crippen LogP contribution in [0.1, 0.15) is 44.4 Å². The van der Waals surface area contributed by atoms with Gasteiger partial charge in [-0.1, -0.05) is 81.4 Å². The Balaban J connectivity index is 1.62. The van der Waals surface area contributed by atoms with Crippen LogP contribution in [-0.2, 0) is 19.1 Å². The third-order valence-electron chi connectivity index (χ3n) is 6.88. The number of nitrogens with one attached hydrogen (secondary N) is 1. The van der Waals surface area contributed by atoms with Gasteiger partial charge in [0.15, 0.2) is 6.10 Å². The standard InChI is InChI=1S/C27H33N3O4S/c1-4-21(31)28-22-24(32)30-17-27(18-35-25(22)30,29(5-2)6-3)26(33)34-23(19-13-9-7-10-14-19)20-15-11-8-12-16-20/h7-16,22-23,25H,4-6,17-18H2,1-3H3,(H,28,31)/t22?,25-,27?/m1/s1. The molecule has 0 aromatic heterocycles. The predicted molar refractivity (Wildman–Crippen MR) is 137 cm³/mol. The zero-order valence-corrected chi connectivity index (χ0v) is 21.3. The molecule has 2 aromatic carbocycles. The van der Waals surface area contributed by atoms with E-state index in [1.54, 1.807) is 11.8 Å². The van der Waals surface area contributed by atoms with Crippen molar-refractivity contribution in [3.8, 4) is 0 Å². The van der Waals surface area contributed by atoms with Crippen LogP contribution in [0.2, 0.25) is 0 Å². The number of likely N-dealkylation sites (N-methyl/N-ethyl adjacent to an activating group) is 1. The van der Waals surface area contributed by atoms with Crippen LogP contribution >= 0.6 is 11.8 Å². The maximum absolute atomic E-state index is 14.0. The number of carbonyl (C=O) groups is 3. The van der Waals surface area contributed by atoms with Crippen molar-refractivity contribution in [2.75, 3.05) is 25.4 Å². The number of fused-ring (bicyclic) bond motifs is 1. The lowest BCUT2D eigenvalue weighted by molar-refractivity contribution is -0.168. The van der Waals surface area contributed by atoms with Gasteiger partial charge in [0.25, 0.3) is 0 Å². The lowest BCUT2D eigenvalue weighted by atomic mass is 9.93. The van der Waals surface area contributed by atoms with Gasteiger partial charge in [-0.2, -0.15) is 0 Å². The van der Waals surface area contributed by atoms with Crippen LogP contribution < -0.4 is 5.32 Å². The number of nitrogens with zero attached hydrogens (tertiary/aromatic N) is 2. The molecule has 186 valence electrons. The molecular formula is C27H33N3O4S. The first kappa shape index (κ1) is 25.3. The fourth-order valence-electron chi connectivity index (χ4n) is 4.91. The molecule has 2 aliphatic rings. The molecule has 2 aromatic rings. The molecule has 35 heavy (non-hydrogen) atoms. The first-order chi connectivity index (χ1) is 16.9. The summed E-state index contributed by atoms with van der Waals surface area (Å²) in [6.45, 7) is 7.35. The fraction of sp³-hybridized carbons (Fsp3) is 0.444. The van der Waals surface area contributed by atoms with Crippen LogP contribution in [0.4, 0.5) is 0 Å². The van der Waals surface area contributed by atoms with Gasteiger partial charge in [0, 0.05) is 12.2 Å². The molecular weight excluding hydrogens is 462 g/mol. The highest BCUT2D eigenvalue weighted by atomic mass is 32.2. The van der Waals surface area contributed by atoms with Gasteiger partial charge < -0.3 is 15.0 Å². The Morgan fingerprint density at radius 1 is 1.06 bits per heavy atom. The molecule has 2 fully saturated rings. The first-order valence-electron chi connectivity index (χ1n) is 12.2. The second kappa shape index (κ2) is 10.8. The summed E-state index contributed by atoms with van der Waals surface area (Å²) in [6, 6.07) is 18.9. The zero-order chi connectivity index (χ0) is 25.0. The lowest BCUT2D eigenvalue weighted by Crippen LogP contribution is -2.77. The molecule has 3 atom stereocenters. The Bertz CT molecular complexity index is 1010. The molecule has 8 heteroatoms. The number of amides is 2. The third-order valence-corrected chi connectivity index (χ3v) is 8.39. The van der Waals surface area contributed by atoms with Gasteiger partial charge in [0.2, 0.25) is 11.8 Å². The molecule has 0 saturated carbocycles. The quantitative estimate of drug-likeness (QED) is 0.425. The van der Waals surface area contributed by atoms with Crippen LogP contribution in [0.25, 0.3) is 0 Å². The van der Waals surface area contributed by atoms with Crippen molar-refractivity contribution < 1.29 is 19.1 Å². The summed E-state index contributed by atoms with van der Waals surface area (Å²) in [5.41, 5.74) is 0.818. The molecule has 0 aliphatic carbocycles. The minimum atomic E-state index is -0.970. The summed E-state index contributed by atoms with van der Waals surface area (Å²) in [5.74, 6) is -0.136. The third kappa shape index (κ3) is 4.82. The normalized spacial score (nSPS) is 23.6. The smallest absolute Gasteiger partial charge is 0.330 e. The van der Waals surface area contributed by atoms with Crippen molar-refractivity contribution in [3.05, 3.63) is 71.8 Å². The number of rotatable bonds is 9. The van der Waals surface area contributed by atoms with E-state index in [0.717, 1.165) is 11.1 Å². The predicted octanol–water partition coefficient (Wildman–Crippen LogP) is 3.21. The maximum Gasteiger partial charge on any atom is 0.330 e. The summed E-state index contributed by atoms with van der Waals surface area (Å²) < 4.78 is 6.30. The number of carbonyl (C=O) groups excluding carboxylic acids is 3. The van der Waals surface area contributed by atoms with E-state index in [1.165, 1.54) is 11.8 Å². The molecule has 4 rings (SSSR count). The second-order valence-electron chi connectivity index (χ2n) is 8.88. The van der Waals surface area contributed by atoms with Crippen LogP contribution in [0, 0.1) is 0 Å². The van der Waals surface area contributed by atoms with Crippen LogP contribution in [-0.4, -0.2) is 69.9 Å². The number of hydrogen-bond donors (Lipinski definition) is 1. The summed E-state index contributed by atoms with van der Waals surface area (Å²) >= 11 is 1.54. The average Bonchev–Trinajstić information content (AvgIpc) is 2.91. The SMILES string of the molecule is CCC(=O)NC1C(=O)N2CC(C(=O)OC(c3ccccc3)c3ccccc3)(N(CC)CC)CS[C@H]12. The van der Waals surface area contributed by atoms with Gasteiger partial charge in [0.1, 0.15) is 17.0 Å². The van der Waals surface area contributed by atoms with Gasteiger partial charge in [0.05, 0.1) is 6.54 Å². The Kier molecular flexibility index (Phi) is 7.82. The van der Waals surface area contributed by atoms with Gasteiger partial charge in [-0.15, -0.1) is 11.8 Å². The van der Waals surface area contributed by atoms with E-state index in [1.807, 2.05) is 74.5 Å². The van der Waals surface area contributed by atoms with E-state index in [2.05, 4.69) is 10.2 Å². The first-order valence-corrected chi connectivity index (χ1v) is 13.3. The molecule has 7 nitrogen and oxygen atoms in total. The number of ether oxygens (including phenoxy) is 1. The topological polar surface area (TPSA) is 79.0 Å². The summed E-state index contributed by atoms with van der Waals surface area (Å²) in [7, 11) is 0. The molecule has 0 spiro atoms. The molecule has 1 N–H and O–H groups in total. The average molecular weight is 496 g/mol. The number of hydrogen-bond acceptors (Lipinski definition) is 6. The van der Waals surface area contributed by atoms with Gasteiger partial charge in [-0.3, -0.25) is 14.5 Å². The Morgan fingerprint density at radius 3 is 2.14 bits per heavy atom. The van der Waals surface area contributed by atoms with E-state index in [-0.39, 0.29) is 29.7 Å². The van der Waals surface area contributed by atoms with Crippen molar-refractivity contribution in [2.45, 2.75) is 50.3 Å². The molecule has 2 amide bonds. The number of β-lactam (4-membered cyclic amide) rings is 1. The van der Waals surface area contributed by atoms with Crippen molar-refractivity contribution in [3.63, 3.8) is 0 Å². The van der Waals surface area contributed by atoms with Crippen LogP contribution in [0.3, 0.4) is 0 Å². The Morgan fingerprint density at radius 2 is 1.63 bits per heavy atom. The Hall–Kier alpha value is -2.84. The largest absolute Gasteiger partial charge is 0.451 e. The maximum atomic E-state index is 14.0. The van der Waals surface area contributed by atoms with E-state index >= 15 is 0 Å². The molecule has 2 heterocycles. The highest BCUT2D eigenvalue weighted by molar-refractivity contribution is 8.00. The highest BCUT2D eigenvalue weighted by Crippen LogP contribution is 2.42. The van der Waals surface area contributed by atoms with Crippen LogP contribution in [0.15, 0.2) is 60.7 Å². The number of esters is 1. The van der Waals surface area contributed by atoms with Gasteiger partial charge in [-0.05, 0) is 24.2 Å².